The first-order valence-electron chi connectivity index (χ1n) is 8.06. The predicted octanol–water partition coefficient (Wildman–Crippen LogP) is 3.25. The third-order valence-corrected chi connectivity index (χ3v) is 4.02. The molecule has 25 heavy (non-hydrogen) atoms. The van der Waals surface area contributed by atoms with E-state index in [4.69, 9.17) is 4.74 Å². The Bertz CT molecular complexity index is 781. The van der Waals surface area contributed by atoms with E-state index in [0.29, 0.717) is 18.8 Å². The van der Waals surface area contributed by atoms with Crippen molar-refractivity contribution in [3.63, 3.8) is 0 Å². The molecule has 4 nitrogen and oxygen atoms in total. The van der Waals surface area contributed by atoms with Gasteiger partial charge in [-0.15, -0.1) is 0 Å². The lowest BCUT2D eigenvalue weighted by molar-refractivity contribution is -0.133. The molecule has 2 aromatic rings. The van der Waals surface area contributed by atoms with E-state index >= 15 is 0 Å². The summed E-state index contributed by atoms with van der Waals surface area (Å²) in [6.07, 6.45) is 3.02. The van der Waals surface area contributed by atoms with E-state index in [2.05, 4.69) is 4.90 Å². The van der Waals surface area contributed by atoms with Crippen molar-refractivity contribution < 1.29 is 14.3 Å². The Morgan fingerprint density at radius 3 is 1.80 bits per heavy atom. The molecule has 0 unspecified atom stereocenters. The number of hydrogen-bond donors (Lipinski definition) is 0. The van der Waals surface area contributed by atoms with Crippen LogP contribution in [0.4, 0.5) is 0 Å². The minimum absolute atomic E-state index is 0.0774. The van der Waals surface area contributed by atoms with Gasteiger partial charge in [0.15, 0.2) is 5.76 Å². The number of Topliss-reactive ketones (excluding diaryl/α,β-unsaturated/α-hetero) is 1. The molecule has 0 spiro atoms. The summed E-state index contributed by atoms with van der Waals surface area (Å²) in [5.74, 6) is -1.08. The van der Waals surface area contributed by atoms with E-state index in [1.165, 1.54) is 13.2 Å². The van der Waals surface area contributed by atoms with Crippen LogP contribution >= 0.6 is 0 Å². The number of ether oxygens (including phenoxy) is 1. The van der Waals surface area contributed by atoms with Gasteiger partial charge in [0.25, 0.3) is 5.78 Å². The average molecular weight is 333 g/mol. The molecule has 0 aromatic heterocycles. The summed E-state index contributed by atoms with van der Waals surface area (Å²) >= 11 is 0. The molecule has 126 valence electrons. The molecular formula is C21H19NO3. The second kappa shape index (κ2) is 7.62. The Morgan fingerprint density at radius 2 is 1.32 bits per heavy atom. The third kappa shape index (κ3) is 4.04. The van der Waals surface area contributed by atoms with Crippen LogP contribution in [0.25, 0.3) is 0 Å². The number of methoxy groups -OCH3 is 1. The normalized spacial score (nSPS) is 14.0. The number of benzene rings is 2. The molecule has 2 aromatic carbocycles. The van der Waals surface area contributed by atoms with Gasteiger partial charge in [-0.2, -0.15) is 0 Å². The second-order valence-electron chi connectivity index (χ2n) is 5.80. The molecule has 4 heteroatoms. The van der Waals surface area contributed by atoms with Crippen LogP contribution in [-0.4, -0.2) is 23.6 Å². The summed E-state index contributed by atoms with van der Waals surface area (Å²) in [7, 11) is 1.40. The van der Waals surface area contributed by atoms with Gasteiger partial charge in [0.1, 0.15) is 0 Å². The van der Waals surface area contributed by atoms with Crippen LogP contribution in [0, 0.1) is 0 Å². The molecule has 0 amide bonds. The first-order chi connectivity index (χ1) is 12.2. The number of ketones is 2. The van der Waals surface area contributed by atoms with Crippen molar-refractivity contribution in [2.24, 2.45) is 0 Å². The van der Waals surface area contributed by atoms with Gasteiger partial charge in [-0.25, -0.2) is 0 Å². The number of hydrogen-bond acceptors (Lipinski definition) is 4. The van der Waals surface area contributed by atoms with Crippen LogP contribution in [0.3, 0.4) is 0 Å². The standard InChI is InChI=1S/C21H19NO3/c1-25-20-13-18(12-19(23)21(20)24)22(14-16-8-4-2-5-9-16)15-17-10-6-3-7-11-17/h2-13H,14-15H2,1H3. The number of nitrogens with zero attached hydrogens (tertiary/aromatic N) is 1. The topological polar surface area (TPSA) is 46.6 Å². The maximum absolute atomic E-state index is 12.0. The minimum Gasteiger partial charge on any atom is -0.492 e. The summed E-state index contributed by atoms with van der Waals surface area (Å²) in [5.41, 5.74) is 2.92. The van der Waals surface area contributed by atoms with Crippen LogP contribution in [0.15, 0.2) is 84.3 Å². The van der Waals surface area contributed by atoms with Crippen molar-refractivity contribution in [2.75, 3.05) is 7.11 Å². The summed E-state index contributed by atoms with van der Waals surface area (Å²) in [5, 5.41) is 0. The van der Waals surface area contributed by atoms with E-state index in [-0.39, 0.29) is 5.76 Å². The van der Waals surface area contributed by atoms with Crippen LogP contribution in [0.1, 0.15) is 11.1 Å². The van der Waals surface area contributed by atoms with Crippen LogP contribution < -0.4 is 0 Å². The third-order valence-electron chi connectivity index (χ3n) is 4.02. The fourth-order valence-corrected chi connectivity index (χ4v) is 2.74. The first kappa shape index (κ1) is 16.7. The number of rotatable bonds is 6. The first-order valence-corrected chi connectivity index (χ1v) is 8.06. The molecule has 1 aliphatic rings. The fraction of sp³-hybridized carbons (Fsp3) is 0.143. The van der Waals surface area contributed by atoms with Crippen LogP contribution in [0.5, 0.6) is 0 Å². The highest BCUT2D eigenvalue weighted by atomic mass is 16.5. The zero-order valence-electron chi connectivity index (χ0n) is 14.0. The molecular weight excluding hydrogens is 314 g/mol. The number of allylic oxidation sites excluding steroid dienone is 3. The maximum Gasteiger partial charge on any atom is 0.267 e. The molecule has 0 heterocycles. The Hall–Kier alpha value is -3.14. The van der Waals surface area contributed by atoms with Gasteiger partial charge >= 0.3 is 0 Å². The van der Waals surface area contributed by atoms with Gasteiger partial charge < -0.3 is 9.64 Å². The Kier molecular flexibility index (Phi) is 5.09. The van der Waals surface area contributed by atoms with Gasteiger partial charge in [-0.3, -0.25) is 9.59 Å². The Labute approximate surface area is 147 Å². The van der Waals surface area contributed by atoms with Gasteiger partial charge in [-0.1, -0.05) is 60.7 Å². The van der Waals surface area contributed by atoms with Crippen LogP contribution in [-0.2, 0) is 27.4 Å². The molecule has 3 rings (SSSR count). The highest BCUT2D eigenvalue weighted by molar-refractivity contribution is 6.47. The molecule has 0 fully saturated rings. The second-order valence-corrected chi connectivity index (χ2v) is 5.80. The summed E-state index contributed by atoms with van der Waals surface area (Å²) < 4.78 is 5.08. The van der Waals surface area contributed by atoms with E-state index in [0.717, 1.165) is 11.1 Å². The maximum atomic E-state index is 12.0. The Balaban J connectivity index is 1.93. The largest absolute Gasteiger partial charge is 0.492 e. The summed E-state index contributed by atoms with van der Waals surface area (Å²) in [6.45, 7) is 1.24. The van der Waals surface area contributed by atoms with Crippen molar-refractivity contribution >= 4 is 11.6 Å². The molecule has 0 saturated heterocycles. The fourth-order valence-electron chi connectivity index (χ4n) is 2.74. The lowest BCUT2D eigenvalue weighted by Crippen LogP contribution is -2.27. The lowest BCUT2D eigenvalue weighted by Gasteiger charge is -2.27. The van der Waals surface area contributed by atoms with Gasteiger partial charge in [-0.05, 0) is 11.1 Å². The highest BCUT2D eigenvalue weighted by Gasteiger charge is 2.25. The van der Waals surface area contributed by atoms with Crippen molar-refractivity contribution in [1.82, 2.24) is 4.90 Å². The van der Waals surface area contributed by atoms with Gasteiger partial charge in [0.2, 0.25) is 5.78 Å². The summed E-state index contributed by atoms with van der Waals surface area (Å²) in [6, 6.07) is 20.0. The van der Waals surface area contributed by atoms with Crippen molar-refractivity contribution in [1.29, 1.82) is 0 Å². The van der Waals surface area contributed by atoms with E-state index in [1.807, 2.05) is 60.7 Å². The van der Waals surface area contributed by atoms with Crippen molar-refractivity contribution in [3.05, 3.63) is 95.4 Å². The molecule has 0 atom stereocenters. The van der Waals surface area contributed by atoms with Crippen molar-refractivity contribution in [2.45, 2.75) is 13.1 Å². The SMILES string of the molecule is COC1=CC(N(Cc2ccccc2)Cc2ccccc2)=CC(=O)C1=O. The number of carbonyl (C=O) groups is 2. The average Bonchev–Trinajstić information content (AvgIpc) is 2.65. The zero-order chi connectivity index (χ0) is 17.6. The van der Waals surface area contributed by atoms with Gasteiger partial charge in [0, 0.05) is 30.9 Å². The molecule has 0 radical (unpaired) electrons. The molecule has 0 saturated carbocycles. The molecule has 0 aliphatic heterocycles. The minimum atomic E-state index is -0.606. The number of carbonyl (C=O) groups excluding carboxylic acids is 2. The van der Waals surface area contributed by atoms with E-state index in [9.17, 15) is 9.59 Å². The summed E-state index contributed by atoms with van der Waals surface area (Å²) in [4.78, 5) is 25.9. The van der Waals surface area contributed by atoms with E-state index in [1.54, 1.807) is 6.08 Å². The quantitative estimate of drug-likeness (QED) is 0.601. The zero-order valence-corrected chi connectivity index (χ0v) is 14.0. The highest BCUT2D eigenvalue weighted by Crippen LogP contribution is 2.21. The van der Waals surface area contributed by atoms with Crippen molar-refractivity contribution in [3.8, 4) is 0 Å². The van der Waals surface area contributed by atoms with Gasteiger partial charge in [0.05, 0.1) is 7.11 Å². The Morgan fingerprint density at radius 1 is 0.800 bits per heavy atom. The smallest absolute Gasteiger partial charge is 0.267 e. The molecule has 0 bridgehead atoms. The van der Waals surface area contributed by atoms with Crippen LogP contribution in [0.2, 0.25) is 0 Å². The molecule has 1 aliphatic carbocycles. The lowest BCUT2D eigenvalue weighted by atomic mass is 10.0. The predicted molar refractivity (Wildman–Crippen MR) is 95.3 cm³/mol. The monoisotopic (exact) mass is 333 g/mol. The molecule has 0 N–H and O–H groups in total. The van der Waals surface area contributed by atoms with E-state index < -0.39 is 11.6 Å².